The third kappa shape index (κ3) is 5.64. The Bertz CT molecular complexity index is 656. The summed E-state index contributed by atoms with van der Waals surface area (Å²) in [6.45, 7) is 1.93. The van der Waals surface area contributed by atoms with E-state index in [0.29, 0.717) is 24.7 Å². The van der Waals surface area contributed by atoms with Gasteiger partial charge in [-0.25, -0.2) is 4.79 Å². The maximum absolute atomic E-state index is 11.6. The Hall–Kier alpha value is -3.03. The molecule has 0 atom stereocenters. The summed E-state index contributed by atoms with van der Waals surface area (Å²) in [5.74, 6) is -0.453. The molecule has 1 aromatic carbocycles. The van der Waals surface area contributed by atoms with Crippen molar-refractivity contribution in [2.24, 2.45) is 0 Å². The summed E-state index contributed by atoms with van der Waals surface area (Å²) in [4.78, 5) is 33.4. The van der Waals surface area contributed by atoms with Gasteiger partial charge >= 0.3 is 5.97 Å². The predicted octanol–water partition coefficient (Wildman–Crippen LogP) is 0.572. The van der Waals surface area contributed by atoms with Crippen LogP contribution >= 0.6 is 0 Å². The molecular formula is C16H18N2O6. The molecule has 8 heteroatoms. The van der Waals surface area contributed by atoms with Gasteiger partial charge in [0.05, 0.1) is 13.2 Å². The Kier molecular flexibility index (Phi) is 6.18. The summed E-state index contributed by atoms with van der Waals surface area (Å²) in [6.07, 6.45) is 3.56. The van der Waals surface area contributed by atoms with E-state index in [1.54, 1.807) is 24.3 Å². The summed E-state index contributed by atoms with van der Waals surface area (Å²) in [5.41, 5.74) is 4.90. The summed E-state index contributed by atoms with van der Waals surface area (Å²) in [6, 6.07) is 5.31. The highest BCUT2D eigenvalue weighted by atomic mass is 16.5. The van der Waals surface area contributed by atoms with E-state index in [1.165, 1.54) is 13.0 Å². The van der Waals surface area contributed by atoms with E-state index in [0.717, 1.165) is 12.0 Å². The number of hydrogen-bond acceptors (Lipinski definition) is 6. The first-order valence-corrected chi connectivity index (χ1v) is 7.34. The minimum atomic E-state index is -0.680. The van der Waals surface area contributed by atoms with Gasteiger partial charge in [-0.1, -0.05) is 6.07 Å². The minimum Gasteiger partial charge on any atom is -0.490 e. The predicted molar refractivity (Wildman–Crippen MR) is 84.0 cm³/mol. The van der Waals surface area contributed by atoms with E-state index in [2.05, 4.69) is 10.9 Å². The molecule has 0 bridgehead atoms. The molecule has 0 saturated heterocycles. The molecule has 24 heavy (non-hydrogen) atoms. The van der Waals surface area contributed by atoms with Crippen molar-refractivity contribution in [2.45, 2.75) is 13.3 Å². The van der Waals surface area contributed by atoms with E-state index in [4.69, 9.17) is 14.2 Å². The van der Waals surface area contributed by atoms with Crippen LogP contribution in [0.5, 0.6) is 11.5 Å². The second-order valence-corrected chi connectivity index (χ2v) is 4.93. The number of carbonyl (C=O) groups excluding carboxylic acids is 3. The van der Waals surface area contributed by atoms with Crippen molar-refractivity contribution >= 4 is 23.9 Å². The fourth-order valence-electron chi connectivity index (χ4n) is 1.83. The van der Waals surface area contributed by atoms with Crippen molar-refractivity contribution in [3.63, 3.8) is 0 Å². The molecule has 0 fully saturated rings. The molecule has 8 nitrogen and oxygen atoms in total. The molecule has 1 aromatic rings. The molecule has 1 heterocycles. The lowest BCUT2D eigenvalue weighted by atomic mass is 10.2. The third-order valence-corrected chi connectivity index (χ3v) is 2.91. The summed E-state index contributed by atoms with van der Waals surface area (Å²) in [7, 11) is 0. The largest absolute Gasteiger partial charge is 0.490 e. The zero-order valence-electron chi connectivity index (χ0n) is 13.2. The number of rotatable bonds is 4. The number of esters is 1. The van der Waals surface area contributed by atoms with E-state index in [9.17, 15) is 14.4 Å². The van der Waals surface area contributed by atoms with E-state index >= 15 is 0 Å². The topological polar surface area (TPSA) is 103 Å². The Balaban J connectivity index is 1.84. The lowest BCUT2D eigenvalue weighted by Crippen LogP contribution is -2.42. The quantitative estimate of drug-likeness (QED) is 0.474. The second-order valence-electron chi connectivity index (χ2n) is 4.93. The molecule has 1 aliphatic rings. The van der Waals surface area contributed by atoms with Crippen molar-refractivity contribution in [1.29, 1.82) is 0 Å². The lowest BCUT2D eigenvalue weighted by Gasteiger charge is -2.07. The normalized spacial score (nSPS) is 13.0. The molecule has 0 unspecified atom stereocenters. The van der Waals surface area contributed by atoms with Crippen LogP contribution in [0.4, 0.5) is 0 Å². The standard InChI is InChI=1S/C16H18N2O6/c1-11(19)17-18-15(20)10-24-16(21)6-4-12-3-5-13-14(9-12)23-8-2-7-22-13/h3-6,9H,2,7-8,10H2,1H3,(H,17,19)(H,18,20)/b6-4+. The lowest BCUT2D eigenvalue weighted by molar-refractivity contribution is -0.144. The fraction of sp³-hybridized carbons (Fsp3) is 0.312. The average molecular weight is 334 g/mol. The van der Waals surface area contributed by atoms with E-state index < -0.39 is 24.4 Å². The molecule has 2 rings (SSSR count). The molecule has 0 aliphatic carbocycles. The van der Waals surface area contributed by atoms with Crippen LogP contribution in [0.2, 0.25) is 0 Å². The molecule has 2 amide bonds. The van der Waals surface area contributed by atoms with Gasteiger partial charge in [0.2, 0.25) is 5.91 Å². The van der Waals surface area contributed by atoms with Crippen LogP contribution in [0.25, 0.3) is 6.08 Å². The van der Waals surface area contributed by atoms with Gasteiger partial charge in [-0.15, -0.1) is 0 Å². The smallest absolute Gasteiger partial charge is 0.331 e. The van der Waals surface area contributed by atoms with Crippen molar-refractivity contribution in [2.75, 3.05) is 19.8 Å². The Morgan fingerprint density at radius 3 is 2.67 bits per heavy atom. The second kappa shape index (κ2) is 8.56. The van der Waals surface area contributed by atoms with Crippen LogP contribution in [-0.4, -0.2) is 37.6 Å². The highest BCUT2D eigenvalue weighted by Gasteiger charge is 2.10. The van der Waals surface area contributed by atoms with Crippen LogP contribution in [0.1, 0.15) is 18.9 Å². The number of ether oxygens (including phenoxy) is 3. The van der Waals surface area contributed by atoms with Crippen LogP contribution in [-0.2, 0) is 19.1 Å². The maximum Gasteiger partial charge on any atom is 0.331 e. The highest BCUT2D eigenvalue weighted by Crippen LogP contribution is 2.30. The monoisotopic (exact) mass is 334 g/mol. The molecule has 0 radical (unpaired) electrons. The maximum atomic E-state index is 11.6. The van der Waals surface area contributed by atoms with Crippen LogP contribution in [0.3, 0.4) is 0 Å². The van der Waals surface area contributed by atoms with Gasteiger partial charge in [0.25, 0.3) is 5.91 Å². The fourth-order valence-corrected chi connectivity index (χ4v) is 1.83. The highest BCUT2D eigenvalue weighted by molar-refractivity contribution is 5.89. The summed E-state index contributed by atoms with van der Waals surface area (Å²) in [5, 5.41) is 0. The molecule has 2 N–H and O–H groups in total. The number of hydrogen-bond donors (Lipinski definition) is 2. The Morgan fingerprint density at radius 1 is 1.17 bits per heavy atom. The van der Waals surface area contributed by atoms with Gasteiger partial charge in [0.1, 0.15) is 0 Å². The zero-order chi connectivity index (χ0) is 17.4. The first kappa shape index (κ1) is 17.3. The minimum absolute atomic E-state index is 0.427. The first-order chi connectivity index (χ1) is 11.5. The van der Waals surface area contributed by atoms with Crippen LogP contribution in [0, 0.1) is 0 Å². The van der Waals surface area contributed by atoms with Gasteiger partial charge in [0, 0.05) is 19.4 Å². The Morgan fingerprint density at radius 2 is 1.92 bits per heavy atom. The number of fused-ring (bicyclic) bond motifs is 1. The van der Waals surface area contributed by atoms with Crippen molar-refractivity contribution in [3.05, 3.63) is 29.8 Å². The zero-order valence-corrected chi connectivity index (χ0v) is 13.2. The van der Waals surface area contributed by atoms with Gasteiger partial charge in [0.15, 0.2) is 18.1 Å². The van der Waals surface area contributed by atoms with Crippen LogP contribution < -0.4 is 20.3 Å². The number of amides is 2. The third-order valence-electron chi connectivity index (χ3n) is 2.91. The van der Waals surface area contributed by atoms with Crippen molar-refractivity contribution < 1.29 is 28.6 Å². The van der Waals surface area contributed by atoms with E-state index in [-0.39, 0.29) is 0 Å². The Labute approximate surface area is 138 Å². The molecular weight excluding hydrogens is 316 g/mol. The molecule has 1 aliphatic heterocycles. The first-order valence-electron chi connectivity index (χ1n) is 7.34. The SMILES string of the molecule is CC(=O)NNC(=O)COC(=O)/C=C/c1ccc2c(c1)OCCCO2. The van der Waals surface area contributed by atoms with Gasteiger partial charge in [-0.3, -0.25) is 20.4 Å². The molecule has 128 valence electrons. The van der Waals surface area contributed by atoms with Gasteiger partial charge in [-0.05, 0) is 23.8 Å². The number of hydrazine groups is 1. The average Bonchev–Trinajstić information content (AvgIpc) is 2.81. The number of benzene rings is 1. The van der Waals surface area contributed by atoms with E-state index in [1.807, 2.05) is 0 Å². The number of carbonyl (C=O) groups is 3. The van der Waals surface area contributed by atoms with Crippen LogP contribution in [0.15, 0.2) is 24.3 Å². The van der Waals surface area contributed by atoms with Gasteiger partial charge in [-0.2, -0.15) is 0 Å². The molecule has 0 spiro atoms. The van der Waals surface area contributed by atoms with Gasteiger partial charge < -0.3 is 14.2 Å². The number of nitrogens with one attached hydrogen (secondary N) is 2. The summed E-state index contributed by atoms with van der Waals surface area (Å²) < 4.78 is 15.8. The molecule has 0 aromatic heterocycles. The van der Waals surface area contributed by atoms with Crippen molar-refractivity contribution in [1.82, 2.24) is 10.9 Å². The summed E-state index contributed by atoms with van der Waals surface area (Å²) >= 11 is 0. The van der Waals surface area contributed by atoms with Crippen molar-refractivity contribution in [3.8, 4) is 11.5 Å². The molecule has 0 saturated carbocycles.